The molecule has 3 N–H and O–H groups in total. The van der Waals surface area contributed by atoms with E-state index < -0.39 is 0 Å². The first-order chi connectivity index (χ1) is 12.9. The highest BCUT2D eigenvalue weighted by molar-refractivity contribution is 6.05. The topological polar surface area (TPSA) is 91.1 Å². The molecule has 0 radical (unpaired) electrons. The molecular formula is C21H21N3O3. The van der Waals surface area contributed by atoms with Crippen LogP contribution in [0, 0.1) is 6.92 Å². The Bertz CT molecular complexity index is 1080. The third-order valence-corrected chi connectivity index (χ3v) is 4.48. The molecule has 138 valence electrons. The molecule has 6 nitrogen and oxygen atoms in total. The van der Waals surface area contributed by atoms with Gasteiger partial charge in [0.05, 0.1) is 5.52 Å². The SMILES string of the molecule is CCc1c(C)c2ccc(NC(=O)c3ccc(NC(C)=O)cc3)cc2[nH]c1=O. The van der Waals surface area contributed by atoms with Gasteiger partial charge in [-0.05, 0) is 55.3 Å². The van der Waals surface area contributed by atoms with Gasteiger partial charge in [0.25, 0.3) is 11.5 Å². The number of nitrogens with one attached hydrogen (secondary N) is 3. The van der Waals surface area contributed by atoms with Crippen LogP contribution >= 0.6 is 0 Å². The van der Waals surface area contributed by atoms with Gasteiger partial charge in [-0.25, -0.2) is 0 Å². The molecule has 0 bridgehead atoms. The second-order valence-corrected chi connectivity index (χ2v) is 6.38. The van der Waals surface area contributed by atoms with Crippen LogP contribution in [0.3, 0.4) is 0 Å². The summed E-state index contributed by atoms with van der Waals surface area (Å²) in [7, 11) is 0. The van der Waals surface area contributed by atoms with Crippen molar-refractivity contribution in [2.24, 2.45) is 0 Å². The number of pyridine rings is 1. The molecule has 6 heteroatoms. The Kier molecular flexibility index (Phi) is 5.07. The number of rotatable bonds is 4. The van der Waals surface area contributed by atoms with E-state index in [1.807, 2.05) is 26.0 Å². The van der Waals surface area contributed by atoms with Crippen molar-refractivity contribution >= 4 is 34.1 Å². The maximum atomic E-state index is 12.4. The number of aromatic nitrogens is 1. The second kappa shape index (κ2) is 7.45. The molecule has 3 aromatic rings. The molecule has 0 spiro atoms. The van der Waals surface area contributed by atoms with Crippen LogP contribution in [-0.4, -0.2) is 16.8 Å². The molecule has 2 amide bonds. The standard InChI is InChI=1S/C21H21N3O3/c1-4-17-12(2)18-10-9-16(11-19(18)24-21(17)27)23-20(26)14-5-7-15(8-6-14)22-13(3)25/h5-11H,4H2,1-3H3,(H,22,25)(H,23,26)(H,24,27). The molecule has 0 aliphatic rings. The van der Waals surface area contributed by atoms with E-state index in [0.717, 1.165) is 16.5 Å². The van der Waals surface area contributed by atoms with Gasteiger partial charge in [0.2, 0.25) is 5.91 Å². The number of benzene rings is 2. The van der Waals surface area contributed by atoms with Crippen LogP contribution in [0.25, 0.3) is 10.9 Å². The van der Waals surface area contributed by atoms with Crippen molar-refractivity contribution in [1.29, 1.82) is 0 Å². The second-order valence-electron chi connectivity index (χ2n) is 6.38. The van der Waals surface area contributed by atoms with Gasteiger partial charge >= 0.3 is 0 Å². The zero-order valence-electron chi connectivity index (χ0n) is 15.5. The summed E-state index contributed by atoms with van der Waals surface area (Å²) < 4.78 is 0. The van der Waals surface area contributed by atoms with Crippen LogP contribution in [-0.2, 0) is 11.2 Å². The van der Waals surface area contributed by atoms with Gasteiger partial charge in [-0.15, -0.1) is 0 Å². The van der Waals surface area contributed by atoms with Crippen molar-refractivity contribution in [3.63, 3.8) is 0 Å². The lowest BCUT2D eigenvalue weighted by Gasteiger charge is -2.10. The maximum absolute atomic E-state index is 12.4. The summed E-state index contributed by atoms with van der Waals surface area (Å²) in [6, 6.07) is 12.1. The molecule has 0 saturated heterocycles. The Morgan fingerprint density at radius 3 is 2.30 bits per heavy atom. The van der Waals surface area contributed by atoms with Crippen LogP contribution in [0.1, 0.15) is 35.3 Å². The molecular weight excluding hydrogens is 342 g/mol. The highest BCUT2D eigenvalue weighted by Gasteiger charge is 2.10. The van der Waals surface area contributed by atoms with Gasteiger partial charge in [0.1, 0.15) is 0 Å². The largest absolute Gasteiger partial charge is 0.326 e. The Labute approximate surface area is 156 Å². The zero-order chi connectivity index (χ0) is 19.6. The third-order valence-electron chi connectivity index (χ3n) is 4.48. The van der Waals surface area contributed by atoms with Crippen LogP contribution in [0.15, 0.2) is 47.3 Å². The first-order valence-electron chi connectivity index (χ1n) is 8.73. The molecule has 0 unspecified atom stereocenters. The summed E-state index contributed by atoms with van der Waals surface area (Å²) in [5.74, 6) is -0.438. The lowest BCUT2D eigenvalue weighted by Crippen LogP contribution is -2.15. The monoisotopic (exact) mass is 363 g/mol. The van der Waals surface area contributed by atoms with Gasteiger partial charge in [-0.1, -0.05) is 13.0 Å². The predicted molar refractivity (Wildman–Crippen MR) is 107 cm³/mol. The van der Waals surface area contributed by atoms with Crippen molar-refractivity contribution in [2.45, 2.75) is 27.2 Å². The first-order valence-corrected chi connectivity index (χ1v) is 8.73. The number of fused-ring (bicyclic) bond motifs is 1. The average Bonchev–Trinajstić information content (AvgIpc) is 2.62. The summed E-state index contributed by atoms with van der Waals surface area (Å²) in [6.45, 7) is 5.32. The van der Waals surface area contributed by atoms with Gasteiger partial charge in [-0.3, -0.25) is 14.4 Å². The number of carbonyl (C=O) groups is 2. The molecule has 27 heavy (non-hydrogen) atoms. The van der Waals surface area contributed by atoms with E-state index in [2.05, 4.69) is 15.6 Å². The molecule has 1 aromatic heterocycles. The van der Waals surface area contributed by atoms with Crippen molar-refractivity contribution in [3.05, 3.63) is 69.5 Å². The van der Waals surface area contributed by atoms with Gasteiger partial charge < -0.3 is 15.6 Å². The fraction of sp³-hybridized carbons (Fsp3) is 0.190. The van der Waals surface area contributed by atoms with Gasteiger partial charge in [0, 0.05) is 34.8 Å². The Morgan fingerprint density at radius 2 is 1.67 bits per heavy atom. The maximum Gasteiger partial charge on any atom is 0.255 e. The fourth-order valence-electron chi connectivity index (χ4n) is 3.12. The minimum absolute atomic E-state index is 0.0977. The van der Waals surface area contributed by atoms with Gasteiger partial charge in [0.15, 0.2) is 0 Å². The molecule has 2 aromatic carbocycles. The highest BCUT2D eigenvalue weighted by Crippen LogP contribution is 2.22. The molecule has 0 aliphatic carbocycles. The van der Waals surface area contributed by atoms with E-state index in [9.17, 15) is 14.4 Å². The number of H-pyrrole nitrogens is 1. The molecule has 1 heterocycles. The smallest absolute Gasteiger partial charge is 0.255 e. The number of hydrogen-bond donors (Lipinski definition) is 3. The molecule has 0 fully saturated rings. The third kappa shape index (κ3) is 3.89. The quantitative estimate of drug-likeness (QED) is 0.661. The fourth-order valence-corrected chi connectivity index (χ4v) is 3.12. The number of aryl methyl sites for hydroxylation is 1. The first kappa shape index (κ1) is 18.4. The van der Waals surface area contributed by atoms with E-state index in [1.165, 1.54) is 6.92 Å². The van der Waals surface area contributed by atoms with Crippen molar-refractivity contribution in [1.82, 2.24) is 4.98 Å². The minimum atomic E-state index is -0.270. The molecule has 0 aliphatic heterocycles. The van der Waals surface area contributed by atoms with E-state index in [1.54, 1.807) is 30.3 Å². The van der Waals surface area contributed by atoms with Crippen molar-refractivity contribution in [2.75, 3.05) is 10.6 Å². The van der Waals surface area contributed by atoms with Crippen LogP contribution < -0.4 is 16.2 Å². The van der Waals surface area contributed by atoms with Gasteiger partial charge in [-0.2, -0.15) is 0 Å². The van der Waals surface area contributed by atoms with E-state index in [4.69, 9.17) is 0 Å². The summed E-state index contributed by atoms with van der Waals surface area (Å²) in [5, 5.41) is 6.45. The molecule has 0 atom stereocenters. The van der Waals surface area contributed by atoms with E-state index in [0.29, 0.717) is 28.9 Å². The minimum Gasteiger partial charge on any atom is -0.326 e. The number of carbonyl (C=O) groups excluding carboxylic acids is 2. The van der Waals surface area contributed by atoms with E-state index >= 15 is 0 Å². The average molecular weight is 363 g/mol. The Morgan fingerprint density at radius 1 is 1.00 bits per heavy atom. The lowest BCUT2D eigenvalue weighted by atomic mass is 10.0. The zero-order valence-corrected chi connectivity index (χ0v) is 15.5. The van der Waals surface area contributed by atoms with Crippen LogP contribution in [0.2, 0.25) is 0 Å². The predicted octanol–water partition coefficient (Wildman–Crippen LogP) is 3.61. The Hall–Kier alpha value is -3.41. The summed E-state index contributed by atoms with van der Waals surface area (Å²) in [5.41, 5.74) is 4.02. The molecule has 0 saturated carbocycles. The van der Waals surface area contributed by atoms with Crippen molar-refractivity contribution in [3.8, 4) is 0 Å². The van der Waals surface area contributed by atoms with Crippen molar-refractivity contribution < 1.29 is 9.59 Å². The Balaban J connectivity index is 1.84. The summed E-state index contributed by atoms with van der Waals surface area (Å²) in [6.07, 6.45) is 0.671. The normalized spacial score (nSPS) is 10.6. The van der Waals surface area contributed by atoms with E-state index in [-0.39, 0.29) is 17.4 Å². The highest BCUT2D eigenvalue weighted by atomic mass is 16.2. The molecule has 3 rings (SSSR count). The number of amides is 2. The number of aromatic amines is 1. The lowest BCUT2D eigenvalue weighted by molar-refractivity contribution is -0.114. The number of anilines is 2. The summed E-state index contributed by atoms with van der Waals surface area (Å²) >= 11 is 0. The summed E-state index contributed by atoms with van der Waals surface area (Å²) in [4.78, 5) is 38.6. The van der Waals surface area contributed by atoms with Crippen LogP contribution in [0.4, 0.5) is 11.4 Å². The van der Waals surface area contributed by atoms with Crippen LogP contribution in [0.5, 0.6) is 0 Å². The number of hydrogen-bond acceptors (Lipinski definition) is 3.